The summed E-state index contributed by atoms with van der Waals surface area (Å²) in [4.78, 5) is 29.2. The molecule has 28 heavy (non-hydrogen) atoms. The van der Waals surface area contributed by atoms with E-state index in [9.17, 15) is 9.59 Å². The Hall–Kier alpha value is -2.10. The highest BCUT2D eigenvalue weighted by molar-refractivity contribution is 5.92. The normalized spacial score (nSPS) is 19.2. The molecule has 1 aromatic rings. The van der Waals surface area contributed by atoms with Gasteiger partial charge in [0, 0.05) is 38.2 Å². The number of amides is 2. The molecule has 2 heterocycles. The van der Waals surface area contributed by atoms with Gasteiger partial charge in [-0.1, -0.05) is 51.0 Å². The molecular weight excluding hydrogens is 348 g/mol. The third-order valence-corrected chi connectivity index (χ3v) is 6.10. The molecule has 0 spiro atoms. The van der Waals surface area contributed by atoms with Gasteiger partial charge in [0.2, 0.25) is 11.8 Å². The summed E-state index contributed by atoms with van der Waals surface area (Å²) in [5.41, 5.74) is 2.35. The van der Waals surface area contributed by atoms with Gasteiger partial charge in [-0.25, -0.2) is 0 Å². The van der Waals surface area contributed by atoms with E-state index in [-0.39, 0.29) is 11.8 Å². The topological polar surface area (TPSA) is 40.6 Å². The number of nitrogens with zero attached hydrogens (tertiary/aromatic N) is 2. The van der Waals surface area contributed by atoms with Gasteiger partial charge < -0.3 is 9.80 Å². The maximum atomic E-state index is 12.8. The fourth-order valence-corrected chi connectivity index (χ4v) is 4.16. The van der Waals surface area contributed by atoms with E-state index in [1.165, 1.54) is 18.4 Å². The highest BCUT2D eigenvalue weighted by Crippen LogP contribution is 2.22. The lowest BCUT2D eigenvalue weighted by atomic mass is 9.95. The zero-order chi connectivity index (χ0) is 19.9. The standard InChI is InChI=1S/C24H34N2O2/c1-19(2)21-10-7-20(8-11-21)9-12-23(27)25-17-13-22(14-18-25)24(28)26-15-5-3-4-6-16-26/h7-12,19,22H,3-6,13-18H2,1-2H3/b12-9+. The molecule has 0 radical (unpaired) electrons. The first-order chi connectivity index (χ1) is 13.5. The summed E-state index contributed by atoms with van der Waals surface area (Å²) in [6.45, 7) is 7.54. The van der Waals surface area contributed by atoms with Gasteiger partial charge >= 0.3 is 0 Å². The summed E-state index contributed by atoms with van der Waals surface area (Å²) < 4.78 is 0. The van der Waals surface area contributed by atoms with Crippen molar-refractivity contribution in [1.29, 1.82) is 0 Å². The molecule has 0 bridgehead atoms. The molecule has 0 aliphatic carbocycles. The molecule has 152 valence electrons. The van der Waals surface area contributed by atoms with Crippen LogP contribution in [0.1, 0.15) is 69.4 Å². The lowest BCUT2D eigenvalue weighted by Crippen LogP contribution is -2.44. The van der Waals surface area contributed by atoms with Crippen molar-refractivity contribution in [2.45, 2.75) is 58.3 Å². The van der Waals surface area contributed by atoms with Crippen LogP contribution >= 0.6 is 0 Å². The van der Waals surface area contributed by atoms with Gasteiger partial charge in [-0.05, 0) is 48.8 Å². The molecule has 2 fully saturated rings. The van der Waals surface area contributed by atoms with E-state index in [4.69, 9.17) is 0 Å². The first kappa shape index (κ1) is 20.6. The Bertz CT molecular complexity index is 677. The van der Waals surface area contributed by atoms with Crippen LogP contribution in [0.15, 0.2) is 30.3 Å². The number of hydrogen-bond acceptors (Lipinski definition) is 2. The Morgan fingerprint density at radius 2 is 1.50 bits per heavy atom. The van der Waals surface area contributed by atoms with E-state index in [0.717, 1.165) is 44.3 Å². The van der Waals surface area contributed by atoms with Crippen molar-refractivity contribution < 1.29 is 9.59 Å². The number of benzene rings is 1. The first-order valence-corrected chi connectivity index (χ1v) is 10.9. The first-order valence-electron chi connectivity index (χ1n) is 10.9. The van der Waals surface area contributed by atoms with Gasteiger partial charge in [-0.15, -0.1) is 0 Å². The predicted molar refractivity (Wildman–Crippen MR) is 114 cm³/mol. The molecule has 2 amide bonds. The zero-order valence-electron chi connectivity index (χ0n) is 17.4. The number of likely N-dealkylation sites (tertiary alicyclic amines) is 2. The quantitative estimate of drug-likeness (QED) is 0.721. The SMILES string of the molecule is CC(C)c1ccc(/C=C/C(=O)N2CCC(C(=O)N3CCCCCC3)CC2)cc1. The lowest BCUT2D eigenvalue weighted by molar-refractivity contribution is -0.139. The van der Waals surface area contributed by atoms with Crippen LogP contribution in [-0.2, 0) is 9.59 Å². The van der Waals surface area contributed by atoms with Crippen molar-refractivity contribution in [1.82, 2.24) is 9.80 Å². The van der Waals surface area contributed by atoms with E-state index < -0.39 is 0 Å². The minimum Gasteiger partial charge on any atom is -0.342 e. The van der Waals surface area contributed by atoms with E-state index in [1.807, 2.05) is 11.0 Å². The molecule has 2 aliphatic heterocycles. The van der Waals surface area contributed by atoms with Crippen LogP contribution in [0, 0.1) is 5.92 Å². The molecule has 2 aliphatic rings. The Balaban J connectivity index is 1.48. The van der Waals surface area contributed by atoms with Crippen molar-refractivity contribution in [3.63, 3.8) is 0 Å². The van der Waals surface area contributed by atoms with Crippen molar-refractivity contribution >= 4 is 17.9 Å². The molecule has 4 heteroatoms. The molecule has 0 atom stereocenters. The molecule has 0 unspecified atom stereocenters. The fraction of sp³-hybridized carbons (Fsp3) is 0.583. The number of carbonyl (C=O) groups is 2. The monoisotopic (exact) mass is 382 g/mol. The Labute approximate surface area is 169 Å². The van der Waals surface area contributed by atoms with Crippen LogP contribution in [0.3, 0.4) is 0 Å². The number of hydrogen-bond donors (Lipinski definition) is 0. The van der Waals surface area contributed by atoms with Crippen molar-refractivity contribution in [2.24, 2.45) is 5.92 Å². The van der Waals surface area contributed by atoms with Crippen LogP contribution in [0.25, 0.3) is 6.08 Å². The highest BCUT2D eigenvalue weighted by Gasteiger charge is 2.29. The average Bonchev–Trinajstić information content (AvgIpc) is 3.01. The van der Waals surface area contributed by atoms with Gasteiger partial charge in [0.15, 0.2) is 0 Å². The van der Waals surface area contributed by atoms with Crippen LogP contribution in [0.4, 0.5) is 0 Å². The van der Waals surface area contributed by atoms with Crippen molar-refractivity contribution in [2.75, 3.05) is 26.2 Å². The van der Waals surface area contributed by atoms with Crippen LogP contribution in [0.2, 0.25) is 0 Å². The zero-order valence-corrected chi connectivity index (χ0v) is 17.4. The van der Waals surface area contributed by atoms with Crippen LogP contribution < -0.4 is 0 Å². The Morgan fingerprint density at radius 1 is 0.893 bits per heavy atom. The minimum absolute atomic E-state index is 0.0496. The number of rotatable bonds is 4. The fourth-order valence-electron chi connectivity index (χ4n) is 4.16. The Morgan fingerprint density at radius 3 is 2.07 bits per heavy atom. The third kappa shape index (κ3) is 5.46. The largest absolute Gasteiger partial charge is 0.342 e. The van der Waals surface area contributed by atoms with Crippen molar-refractivity contribution in [3.05, 3.63) is 41.5 Å². The lowest BCUT2D eigenvalue weighted by Gasteiger charge is -2.33. The molecule has 3 rings (SSSR count). The summed E-state index contributed by atoms with van der Waals surface area (Å²) in [6.07, 6.45) is 9.88. The molecule has 2 saturated heterocycles. The summed E-state index contributed by atoms with van der Waals surface area (Å²) >= 11 is 0. The van der Waals surface area contributed by atoms with Gasteiger partial charge in [-0.3, -0.25) is 9.59 Å². The van der Waals surface area contributed by atoms with E-state index in [0.29, 0.717) is 24.9 Å². The second-order valence-electron chi connectivity index (χ2n) is 8.49. The number of piperidine rings is 1. The van der Waals surface area contributed by atoms with Gasteiger partial charge in [0.25, 0.3) is 0 Å². The highest BCUT2D eigenvalue weighted by atomic mass is 16.2. The molecule has 0 aromatic heterocycles. The smallest absolute Gasteiger partial charge is 0.246 e. The molecule has 0 N–H and O–H groups in total. The van der Waals surface area contributed by atoms with E-state index >= 15 is 0 Å². The summed E-state index contributed by atoms with van der Waals surface area (Å²) in [7, 11) is 0. The third-order valence-electron chi connectivity index (χ3n) is 6.10. The molecular formula is C24H34N2O2. The van der Waals surface area contributed by atoms with E-state index in [1.54, 1.807) is 6.08 Å². The molecule has 4 nitrogen and oxygen atoms in total. The Kier molecular flexibility index (Phi) is 7.30. The predicted octanol–water partition coefficient (Wildman–Crippen LogP) is 4.46. The summed E-state index contributed by atoms with van der Waals surface area (Å²) in [6, 6.07) is 8.36. The van der Waals surface area contributed by atoms with Gasteiger partial charge in [0.05, 0.1) is 0 Å². The van der Waals surface area contributed by atoms with Crippen molar-refractivity contribution in [3.8, 4) is 0 Å². The van der Waals surface area contributed by atoms with E-state index in [2.05, 4.69) is 43.0 Å². The maximum Gasteiger partial charge on any atom is 0.246 e. The summed E-state index contributed by atoms with van der Waals surface area (Å²) in [5.74, 6) is 0.969. The molecule has 1 aromatic carbocycles. The van der Waals surface area contributed by atoms with Crippen LogP contribution in [-0.4, -0.2) is 47.8 Å². The average molecular weight is 383 g/mol. The molecule has 0 saturated carbocycles. The minimum atomic E-state index is 0.0496. The van der Waals surface area contributed by atoms with Crippen LogP contribution in [0.5, 0.6) is 0 Å². The van der Waals surface area contributed by atoms with Gasteiger partial charge in [-0.2, -0.15) is 0 Å². The second-order valence-corrected chi connectivity index (χ2v) is 8.49. The van der Waals surface area contributed by atoms with Gasteiger partial charge in [0.1, 0.15) is 0 Å². The second kappa shape index (κ2) is 9.90. The summed E-state index contributed by atoms with van der Waals surface area (Å²) in [5, 5.41) is 0. The number of carbonyl (C=O) groups excluding carboxylic acids is 2. The maximum absolute atomic E-state index is 12.8.